The van der Waals surface area contributed by atoms with Crippen molar-refractivity contribution in [1.29, 1.82) is 5.26 Å². The molecule has 0 N–H and O–H groups in total. The van der Waals surface area contributed by atoms with Gasteiger partial charge in [-0.2, -0.15) is 5.26 Å². The molecule has 8 heteroatoms. The fraction of sp³-hybridized carbons (Fsp3) is 0.625. The van der Waals surface area contributed by atoms with Crippen LogP contribution < -0.4 is 4.90 Å². The van der Waals surface area contributed by atoms with Crippen LogP contribution in [0.15, 0.2) is 6.20 Å². The predicted molar refractivity (Wildman–Crippen MR) is 86.7 cm³/mol. The summed E-state index contributed by atoms with van der Waals surface area (Å²) in [7, 11) is 0. The van der Waals surface area contributed by atoms with Crippen molar-refractivity contribution in [1.82, 2.24) is 14.9 Å². The lowest BCUT2D eigenvalue weighted by Gasteiger charge is -2.43. The van der Waals surface area contributed by atoms with Gasteiger partial charge in [0.15, 0.2) is 10.8 Å². The number of halogens is 1. The number of nitriles is 1. The number of hydrogen-bond donors (Lipinski definition) is 0. The van der Waals surface area contributed by atoms with Crippen LogP contribution in [0.1, 0.15) is 31.4 Å². The second kappa shape index (κ2) is 5.78. The molecule has 0 aromatic carbocycles. The van der Waals surface area contributed by atoms with E-state index in [4.69, 9.17) is 21.6 Å². The highest BCUT2D eigenvalue weighted by Crippen LogP contribution is 2.39. The number of hydrogen-bond acceptors (Lipinski definition) is 6. The standard InChI is InChI=1S/C16H18ClN5O2/c17-14-12(7-18)19-8-13(20-14)21-5-3-16(4-6-21)10-24-15(23)22(16)9-11-1-2-11/h8,11H,1-6,9-10H2. The normalized spacial score (nSPS) is 22.6. The summed E-state index contributed by atoms with van der Waals surface area (Å²) in [5.41, 5.74) is -0.0423. The number of amides is 1. The van der Waals surface area contributed by atoms with Crippen molar-refractivity contribution < 1.29 is 9.53 Å². The van der Waals surface area contributed by atoms with E-state index in [1.165, 1.54) is 12.8 Å². The van der Waals surface area contributed by atoms with Gasteiger partial charge in [-0.15, -0.1) is 0 Å². The zero-order valence-electron chi connectivity index (χ0n) is 13.2. The first-order chi connectivity index (χ1) is 11.6. The third kappa shape index (κ3) is 2.65. The monoisotopic (exact) mass is 347 g/mol. The Morgan fingerprint density at radius 3 is 2.79 bits per heavy atom. The zero-order chi connectivity index (χ0) is 16.7. The number of cyclic esters (lactones) is 1. The average Bonchev–Trinajstić information content (AvgIpc) is 3.37. The highest BCUT2D eigenvalue weighted by Gasteiger charge is 2.50. The van der Waals surface area contributed by atoms with Gasteiger partial charge in [-0.25, -0.2) is 14.8 Å². The van der Waals surface area contributed by atoms with E-state index in [0.29, 0.717) is 18.3 Å². The molecule has 0 bridgehead atoms. The molecule has 2 saturated heterocycles. The Balaban J connectivity index is 1.47. The lowest BCUT2D eigenvalue weighted by molar-refractivity contribution is 0.127. The first kappa shape index (κ1) is 15.5. The Kier molecular flexibility index (Phi) is 3.72. The number of carbonyl (C=O) groups is 1. The number of anilines is 1. The first-order valence-corrected chi connectivity index (χ1v) is 8.61. The van der Waals surface area contributed by atoms with Crippen LogP contribution in [-0.4, -0.2) is 52.7 Å². The smallest absolute Gasteiger partial charge is 0.410 e. The summed E-state index contributed by atoms with van der Waals surface area (Å²) in [5, 5.41) is 9.02. The van der Waals surface area contributed by atoms with Crippen molar-refractivity contribution in [3.63, 3.8) is 0 Å². The Morgan fingerprint density at radius 1 is 1.42 bits per heavy atom. The van der Waals surface area contributed by atoms with Crippen LogP contribution in [0.25, 0.3) is 0 Å². The van der Waals surface area contributed by atoms with Gasteiger partial charge in [0.2, 0.25) is 0 Å². The molecule has 3 fully saturated rings. The second-order valence-electron chi connectivity index (χ2n) is 6.80. The van der Waals surface area contributed by atoms with Crippen LogP contribution in [-0.2, 0) is 4.74 Å². The van der Waals surface area contributed by atoms with Crippen LogP contribution in [0, 0.1) is 17.2 Å². The lowest BCUT2D eigenvalue weighted by Crippen LogP contribution is -2.55. The minimum atomic E-state index is -0.181. The topological polar surface area (TPSA) is 82.3 Å². The van der Waals surface area contributed by atoms with Gasteiger partial charge in [0.05, 0.1) is 11.7 Å². The molecule has 0 atom stereocenters. The molecule has 3 aliphatic rings. The third-order valence-electron chi connectivity index (χ3n) is 5.24. The summed E-state index contributed by atoms with van der Waals surface area (Å²) < 4.78 is 5.36. The van der Waals surface area contributed by atoms with E-state index in [0.717, 1.165) is 32.5 Å². The van der Waals surface area contributed by atoms with Crippen molar-refractivity contribution in [2.24, 2.45) is 5.92 Å². The molecule has 0 radical (unpaired) electrons. The molecule has 1 aliphatic carbocycles. The largest absolute Gasteiger partial charge is 0.447 e. The molecular weight excluding hydrogens is 330 g/mol. The third-order valence-corrected chi connectivity index (χ3v) is 5.50. The fourth-order valence-electron chi connectivity index (χ4n) is 3.52. The van der Waals surface area contributed by atoms with Gasteiger partial charge in [0, 0.05) is 19.6 Å². The second-order valence-corrected chi connectivity index (χ2v) is 7.16. The highest BCUT2D eigenvalue weighted by atomic mass is 35.5. The fourth-order valence-corrected chi connectivity index (χ4v) is 3.70. The van der Waals surface area contributed by atoms with E-state index in [1.54, 1.807) is 6.20 Å². The van der Waals surface area contributed by atoms with Crippen LogP contribution in [0.2, 0.25) is 5.15 Å². The Labute approximate surface area is 145 Å². The Bertz CT molecular complexity index is 707. The molecule has 1 saturated carbocycles. The zero-order valence-corrected chi connectivity index (χ0v) is 14.0. The molecule has 24 heavy (non-hydrogen) atoms. The van der Waals surface area contributed by atoms with Crippen molar-refractivity contribution in [2.75, 3.05) is 31.1 Å². The van der Waals surface area contributed by atoms with Crippen LogP contribution in [0.5, 0.6) is 0 Å². The van der Waals surface area contributed by atoms with E-state index in [2.05, 4.69) is 14.9 Å². The number of rotatable bonds is 3. The maximum absolute atomic E-state index is 12.1. The van der Waals surface area contributed by atoms with Gasteiger partial charge in [0.1, 0.15) is 18.5 Å². The molecular formula is C16H18ClN5O2. The van der Waals surface area contributed by atoms with Crippen LogP contribution >= 0.6 is 11.6 Å². The summed E-state index contributed by atoms with van der Waals surface area (Å²) in [6.07, 6.45) is 5.52. The quantitative estimate of drug-likeness (QED) is 0.833. The lowest BCUT2D eigenvalue weighted by atomic mass is 9.87. The van der Waals surface area contributed by atoms with Gasteiger partial charge in [-0.05, 0) is 31.6 Å². The minimum absolute atomic E-state index is 0.130. The molecule has 3 heterocycles. The Hall–Kier alpha value is -2.07. The average molecular weight is 348 g/mol. The summed E-state index contributed by atoms with van der Waals surface area (Å²) >= 11 is 5.98. The molecule has 7 nitrogen and oxygen atoms in total. The molecule has 0 unspecified atom stereocenters. The van der Waals surface area contributed by atoms with Gasteiger partial charge < -0.3 is 9.64 Å². The van der Waals surface area contributed by atoms with Gasteiger partial charge in [-0.1, -0.05) is 11.6 Å². The SMILES string of the molecule is N#Cc1ncc(N2CCC3(CC2)COC(=O)N3CC2CC2)nc1Cl. The van der Waals surface area contributed by atoms with Gasteiger partial charge >= 0.3 is 6.09 Å². The van der Waals surface area contributed by atoms with Crippen molar-refractivity contribution >= 4 is 23.5 Å². The highest BCUT2D eigenvalue weighted by molar-refractivity contribution is 6.30. The van der Waals surface area contributed by atoms with Gasteiger partial charge in [-0.3, -0.25) is 4.90 Å². The van der Waals surface area contributed by atoms with Crippen LogP contribution in [0.3, 0.4) is 0 Å². The Morgan fingerprint density at radius 2 is 2.17 bits per heavy atom. The molecule has 1 aromatic rings. The summed E-state index contributed by atoms with van der Waals surface area (Å²) in [5.74, 6) is 1.32. The summed E-state index contributed by atoms with van der Waals surface area (Å²) in [6, 6.07) is 1.91. The van der Waals surface area contributed by atoms with E-state index >= 15 is 0 Å². The predicted octanol–water partition coefficient (Wildman–Crippen LogP) is 2.20. The molecule has 2 aliphatic heterocycles. The molecule has 126 valence electrons. The summed E-state index contributed by atoms with van der Waals surface area (Å²) in [6.45, 7) is 2.82. The van der Waals surface area contributed by atoms with Crippen molar-refractivity contribution in [3.8, 4) is 6.07 Å². The maximum atomic E-state index is 12.1. The van der Waals surface area contributed by atoms with Crippen LogP contribution in [0.4, 0.5) is 10.6 Å². The van der Waals surface area contributed by atoms with Crippen molar-refractivity contribution in [3.05, 3.63) is 17.0 Å². The van der Waals surface area contributed by atoms with Crippen molar-refractivity contribution in [2.45, 2.75) is 31.2 Å². The summed E-state index contributed by atoms with van der Waals surface area (Å²) in [4.78, 5) is 24.5. The van der Waals surface area contributed by atoms with Gasteiger partial charge in [0.25, 0.3) is 0 Å². The molecule has 4 rings (SSSR count). The number of piperidine rings is 1. The van der Waals surface area contributed by atoms with E-state index < -0.39 is 0 Å². The number of carbonyl (C=O) groups excluding carboxylic acids is 1. The maximum Gasteiger partial charge on any atom is 0.410 e. The van der Waals surface area contributed by atoms with E-state index in [9.17, 15) is 4.79 Å². The number of aromatic nitrogens is 2. The first-order valence-electron chi connectivity index (χ1n) is 8.23. The molecule has 1 amide bonds. The number of nitrogens with zero attached hydrogens (tertiary/aromatic N) is 5. The van der Waals surface area contributed by atoms with E-state index in [-0.39, 0.29) is 22.5 Å². The minimum Gasteiger partial charge on any atom is -0.447 e. The molecule has 1 aromatic heterocycles. The van der Waals surface area contributed by atoms with E-state index in [1.807, 2.05) is 11.0 Å². The molecule has 1 spiro atoms. The number of ether oxygens (including phenoxy) is 1.